The Bertz CT molecular complexity index is 1510. The molecule has 0 saturated heterocycles. The Hall–Kier alpha value is -3.85. The molecular weight excluding hydrogens is 489 g/mol. The maximum absolute atomic E-state index is 13.6. The minimum Gasteiger partial charge on any atom is -0.383 e. The Morgan fingerprint density at radius 3 is 2.65 bits per heavy atom. The molecule has 1 aromatic carbocycles. The number of thiophene rings is 1. The molecule has 190 valence electrons. The van der Waals surface area contributed by atoms with Crippen molar-refractivity contribution in [1.82, 2.24) is 15.3 Å². The van der Waals surface area contributed by atoms with E-state index in [0.717, 1.165) is 20.5 Å². The van der Waals surface area contributed by atoms with Crippen LogP contribution in [0.15, 0.2) is 42.6 Å². The molecule has 0 aliphatic carbocycles. The summed E-state index contributed by atoms with van der Waals surface area (Å²) in [6.07, 6.45) is 4.07. The lowest BCUT2D eigenvalue weighted by molar-refractivity contribution is 0.0922. The molecule has 9 heteroatoms. The summed E-state index contributed by atoms with van der Waals surface area (Å²) in [4.78, 5) is 36.1. The molecule has 5 N–H and O–H groups in total. The van der Waals surface area contributed by atoms with Crippen molar-refractivity contribution in [3.63, 3.8) is 0 Å². The number of pyridine rings is 2. The minimum atomic E-state index is -0.615. The van der Waals surface area contributed by atoms with Crippen LogP contribution in [0.1, 0.15) is 57.9 Å². The molecule has 3 aromatic heterocycles. The number of carbonyl (C=O) groups is 2. The molecule has 0 spiro atoms. The highest BCUT2D eigenvalue weighted by atomic mass is 32.1. The molecular formula is C28H28FN5O2S. The number of amides is 2. The molecule has 4 heterocycles. The van der Waals surface area contributed by atoms with E-state index in [4.69, 9.17) is 16.5 Å². The fourth-order valence-electron chi connectivity index (χ4n) is 4.94. The summed E-state index contributed by atoms with van der Waals surface area (Å²) < 4.78 is 14.1. The molecule has 5 rings (SSSR count). The highest BCUT2D eigenvalue weighted by molar-refractivity contribution is 7.22. The van der Waals surface area contributed by atoms with Crippen molar-refractivity contribution in [2.45, 2.75) is 45.6 Å². The fraction of sp³-hybridized carbons (Fsp3) is 0.286. The predicted molar refractivity (Wildman–Crippen MR) is 144 cm³/mol. The van der Waals surface area contributed by atoms with Crippen LogP contribution in [0.5, 0.6) is 0 Å². The number of carbonyl (C=O) groups excluding carboxylic acids is 2. The summed E-state index contributed by atoms with van der Waals surface area (Å²) in [7, 11) is 0. The molecule has 0 saturated carbocycles. The van der Waals surface area contributed by atoms with Gasteiger partial charge in [0.1, 0.15) is 11.6 Å². The zero-order valence-electron chi connectivity index (χ0n) is 20.7. The maximum Gasteiger partial charge on any atom is 0.254 e. The van der Waals surface area contributed by atoms with Crippen molar-refractivity contribution in [2.24, 2.45) is 11.7 Å². The van der Waals surface area contributed by atoms with E-state index in [-0.39, 0.29) is 29.2 Å². The monoisotopic (exact) mass is 517 g/mol. The largest absolute Gasteiger partial charge is 0.383 e. The third kappa shape index (κ3) is 4.91. The number of primary amides is 1. The van der Waals surface area contributed by atoms with E-state index in [1.165, 1.54) is 23.5 Å². The van der Waals surface area contributed by atoms with Crippen molar-refractivity contribution < 1.29 is 14.0 Å². The molecule has 1 atom stereocenters. The Morgan fingerprint density at radius 1 is 1.22 bits per heavy atom. The lowest BCUT2D eigenvalue weighted by atomic mass is 9.87. The molecule has 7 nitrogen and oxygen atoms in total. The van der Waals surface area contributed by atoms with E-state index in [9.17, 15) is 14.0 Å². The number of anilines is 1. The number of halogens is 1. The van der Waals surface area contributed by atoms with Gasteiger partial charge in [0.15, 0.2) is 0 Å². The van der Waals surface area contributed by atoms with Gasteiger partial charge in [0, 0.05) is 29.1 Å². The molecule has 37 heavy (non-hydrogen) atoms. The van der Waals surface area contributed by atoms with Crippen LogP contribution in [0, 0.1) is 11.7 Å². The van der Waals surface area contributed by atoms with Gasteiger partial charge in [-0.3, -0.25) is 14.6 Å². The first-order chi connectivity index (χ1) is 17.7. The molecule has 0 bridgehead atoms. The van der Waals surface area contributed by atoms with Gasteiger partial charge in [-0.2, -0.15) is 0 Å². The summed E-state index contributed by atoms with van der Waals surface area (Å²) in [5.74, 6) is -0.553. The minimum absolute atomic E-state index is 0.140. The van der Waals surface area contributed by atoms with Gasteiger partial charge in [-0.05, 0) is 60.4 Å². The van der Waals surface area contributed by atoms with Gasteiger partial charge in [-0.1, -0.05) is 26.0 Å². The van der Waals surface area contributed by atoms with Crippen LogP contribution in [0.3, 0.4) is 0 Å². The Morgan fingerprint density at radius 2 is 1.97 bits per heavy atom. The third-order valence-electron chi connectivity index (χ3n) is 6.60. The van der Waals surface area contributed by atoms with E-state index < -0.39 is 5.91 Å². The molecule has 0 radical (unpaired) electrons. The van der Waals surface area contributed by atoms with E-state index in [0.29, 0.717) is 54.0 Å². The van der Waals surface area contributed by atoms with Crippen molar-refractivity contribution in [2.75, 3.05) is 5.73 Å². The quantitative estimate of drug-likeness (QED) is 0.329. The number of nitrogens with two attached hydrogens (primary N) is 2. The second kappa shape index (κ2) is 9.89. The topological polar surface area (TPSA) is 124 Å². The maximum atomic E-state index is 13.6. The number of hydrogen-bond donors (Lipinski definition) is 3. The van der Waals surface area contributed by atoms with E-state index in [1.807, 2.05) is 12.1 Å². The number of benzene rings is 1. The van der Waals surface area contributed by atoms with Gasteiger partial charge in [-0.25, -0.2) is 9.37 Å². The smallest absolute Gasteiger partial charge is 0.254 e. The summed E-state index contributed by atoms with van der Waals surface area (Å²) in [5.41, 5.74) is 15.5. The van der Waals surface area contributed by atoms with Crippen molar-refractivity contribution in [3.8, 4) is 10.4 Å². The highest BCUT2D eigenvalue weighted by Crippen LogP contribution is 2.41. The number of nitrogens with one attached hydrogen (secondary N) is 1. The number of aryl methyl sites for hydroxylation is 1. The summed E-state index contributed by atoms with van der Waals surface area (Å²) >= 11 is 1.39. The van der Waals surface area contributed by atoms with Crippen LogP contribution in [0.25, 0.3) is 20.5 Å². The first kappa shape index (κ1) is 24.8. The number of rotatable bonds is 7. The zero-order valence-corrected chi connectivity index (χ0v) is 21.5. The van der Waals surface area contributed by atoms with E-state index >= 15 is 0 Å². The predicted octanol–water partition coefficient (Wildman–Crippen LogP) is 4.66. The molecule has 0 fully saturated rings. The van der Waals surface area contributed by atoms with Gasteiger partial charge in [-0.15, -0.1) is 11.3 Å². The Kier molecular flexibility index (Phi) is 6.64. The average Bonchev–Trinajstić information content (AvgIpc) is 3.28. The number of hydrogen-bond acceptors (Lipinski definition) is 6. The second-order valence-corrected chi connectivity index (χ2v) is 10.9. The van der Waals surface area contributed by atoms with Gasteiger partial charge < -0.3 is 16.8 Å². The lowest BCUT2D eigenvalue weighted by Crippen LogP contribution is -2.43. The van der Waals surface area contributed by atoms with Crippen LogP contribution in [0.4, 0.5) is 10.2 Å². The van der Waals surface area contributed by atoms with Crippen molar-refractivity contribution in [3.05, 3.63) is 76.5 Å². The van der Waals surface area contributed by atoms with Crippen LogP contribution < -0.4 is 16.8 Å². The van der Waals surface area contributed by atoms with Crippen molar-refractivity contribution in [1.29, 1.82) is 0 Å². The number of nitrogens with zero attached hydrogens (tertiary/aromatic N) is 2. The van der Waals surface area contributed by atoms with Crippen LogP contribution >= 0.6 is 11.3 Å². The molecule has 1 aliphatic heterocycles. The number of fused-ring (bicyclic) bond motifs is 2. The average molecular weight is 518 g/mol. The van der Waals surface area contributed by atoms with Gasteiger partial charge >= 0.3 is 0 Å². The van der Waals surface area contributed by atoms with Crippen molar-refractivity contribution >= 4 is 39.1 Å². The molecule has 2 amide bonds. The fourth-order valence-corrected chi connectivity index (χ4v) is 6.06. The standard InChI is InChI=1S/C28H28FN5O2S/c1-14(2)11-19-22(27(31)35)24(21-12-16-9-10-32-26(30)25(16)37-21)23-20(34-19)13-18(33-28(23)36)8-5-15-3-6-17(29)7-4-15/h3-4,6-7,9-10,12,14,18H,5,8,11,13H2,1-2H3,(H2,30,32)(H2,31,35)(H,33,36). The highest BCUT2D eigenvalue weighted by Gasteiger charge is 2.33. The summed E-state index contributed by atoms with van der Waals surface area (Å²) in [6.45, 7) is 4.10. The second-order valence-electron chi connectivity index (χ2n) is 9.86. The SMILES string of the molecule is CC(C)Cc1nc2c(c(-c3cc4ccnc(N)c4s3)c1C(N)=O)C(=O)NC(CCc1ccc(F)cc1)C2. The summed E-state index contributed by atoms with van der Waals surface area (Å²) in [6, 6.07) is 10.0. The van der Waals surface area contributed by atoms with Crippen LogP contribution in [-0.4, -0.2) is 27.8 Å². The lowest BCUT2D eigenvalue weighted by Gasteiger charge is -2.28. The zero-order chi connectivity index (χ0) is 26.3. The van der Waals surface area contributed by atoms with Crippen LogP contribution in [0.2, 0.25) is 0 Å². The molecule has 4 aromatic rings. The van der Waals surface area contributed by atoms with Gasteiger partial charge in [0.05, 0.1) is 27.2 Å². The normalized spacial score (nSPS) is 15.1. The van der Waals surface area contributed by atoms with Gasteiger partial charge in [0.2, 0.25) is 0 Å². The van der Waals surface area contributed by atoms with E-state index in [2.05, 4.69) is 24.1 Å². The van der Waals surface area contributed by atoms with Gasteiger partial charge in [0.25, 0.3) is 11.8 Å². The van der Waals surface area contributed by atoms with Crippen LogP contribution in [-0.2, 0) is 19.3 Å². The number of aromatic nitrogens is 2. The molecule has 1 unspecified atom stereocenters. The third-order valence-corrected chi connectivity index (χ3v) is 7.79. The summed E-state index contributed by atoms with van der Waals surface area (Å²) in [5, 5.41) is 3.98. The number of nitrogen functional groups attached to an aromatic ring is 1. The first-order valence-electron chi connectivity index (χ1n) is 12.3. The Labute approximate surface area is 218 Å². The first-order valence-corrected chi connectivity index (χ1v) is 13.1. The molecule has 1 aliphatic rings. The van der Waals surface area contributed by atoms with E-state index in [1.54, 1.807) is 18.3 Å². The Balaban J connectivity index is 1.61.